The molecule has 1 aromatic carbocycles. The summed E-state index contributed by atoms with van der Waals surface area (Å²) in [6, 6.07) is 4.79. The Bertz CT molecular complexity index is 682. The molecule has 4 heteroatoms. The summed E-state index contributed by atoms with van der Waals surface area (Å²) < 4.78 is 13.3. The Morgan fingerprint density at radius 1 is 1.35 bits per heavy atom. The van der Waals surface area contributed by atoms with E-state index < -0.39 is 0 Å². The SMILES string of the molecule is CC(C)(C)C(=O)N1CCc2[nH]c3cc(F)ccc3c2C1. The van der Waals surface area contributed by atoms with E-state index in [-0.39, 0.29) is 17.1 Å². The van der Waals surface area contributed by atoms with Gasteiger partial charge in [-0.2, -0.15) is 0 Å². The normalized spacial score (nSPS) is 15.5. The molecule has 1 N–H and O–H groups in total. The first-order valence-electron chi connectivity index (χ1n) is 6.94. The number of amides is 1. The van der Waals surface area contributed by atoms with Gasteiger partial charge in [0, 0.05) is 47.1 Å². The van der Waals surface area contributed by atoms with Crippen molar-refractivity contribution < 1.29 is 9.18 Å². The van der Waals surface area contributed by atoms with Crippen LogP contribution in [0, 0.1) is 11.2 Å². The molecule has 1 amide bonds. The number of fused-ring (bicyclic) bond motifs is 3. The third-order valence-electron chi connectivity index (χ3n) is 3.87. The Morgan fingerprint density at radius 2 is 2.10 bits per heavy atom. The van der Waals surface area contributed by atoms with Gasteiger partial charge in [-0.05, 0) is 18.2 Å². The molecular formula is C16H19FN2O. The minimum absolute atomic E-state index is 0.166. The second-order valence-electron chi connectivity index (χ2n) is 6.50. The predicted molar refractivity (Wildman–Crippen MR) is 76.8 cm³/mol. The zero-order valence-corrected chi connectivity index (χ0v) is 12.1. The van der Waals surface area contributed by atoms with Crippen LogP contribution >= 0.6 is 0 Å². The Morgan fingerprint density at radius 3 is 2.80 bits per heavy atom. The van der Waals surface area contributed by atoms with Gasteiger partial charge in [0.05, 0.1) is 0 Å². The van der Waals surface area contributed by atoms with Crippen LogP contribution in [-0.2, 0) is 17.8 Å². The van der Waals surface area contributed by atoms with Crippen LogP contribution in [0.4, 0.5) is 4.39 Å². The second-order valence-corrected chi connectivity index (χ2v) is 6.50. The number of benzene rings is 1. The number of aromatic amines is 1. The fraction of sp³-hybridized carbons (Fsp3) is 0.438. The number of carbonyl (C=O) groups is 1. The standard InChI is InChI=1S/C16H19FN2O/c1-16(2,3)15(20)19-7-6-13-12(9-19)11-5-4-10(17)8-14(11)18-13/h4-5,8,18H,6-7,9H2,1-3H3. The van der Waals surface area contributed by atoms with Crippen LogP contribution in [0.5, 0.6) is 0 Å². The Kier molecular flexibility index (Phi) is 2.85. The van der Waals surface area contributed by atoms with E-state index in [1.807, 2.05) is 25.7 Å². The van der Waals surface area contributed by atoms with E-state index in [1.54, 1.807) is 6.07 Å². The Hall–Kier alpha value is -1.84. The summed E-state index contributed by atoms with van der Waals surface area (Å²) in [6.07, 6.45) is 0.799. The first-order chi connectivity index (χ1) is 9.36. The molecule has 3 nitrogen and oxygen atoms in total. The summed E-state index contributed by atoms with van der Waals surface area (Å²) in [5.41, 5.74) is 2.71. The fourth-order valence-electron chi connectivity index (χ4n) is 2.84. The van der Waals surface area contributed by atoms with Gasteiger partial charge in [0.2, 0.25) is 5.91 Å². The molecule has 3 rings (SSSR count). The van der Waals surface area contributed by atoms with Gasteiger partial charge in [0.25, 0.3) is 0 Å². The van der Waals surface area contributed by atoms with Gasteiger partial charge in [-0.15, -0.1) is 0 Å². The predicted octanol–water partition coefficient (Wildman–Crippen LogP) is 3.24. The number of carbonyl (C=O) groups excluding carboxylic acids is 1. The highest BCUT2D eigenvalue weighted by Gasteiger charge is 2.30. The van der Waals surface area contributed by atoms with E-state index in [1.165, 1.54) is 12.1 Å². The molecule has 0 atom stereocenters. The lowest BCUT2D eigenvalue weighted by atomic mass is 9.93. The Balaban J connectivity index is 1.98. The average Bonchev–Trinajstić information content (AvgIpc) is 2.73. The van der Waals surface area contributed by atoms with E-state index in [0.717, 1.165) is 35.1 Å². The van der Waals surface area contributed by atoms with Crippen molar-refractivity contribution in [1.82, 2.24) is 9.88 Å². The molecule has 2 heterocycles. The van der Waals surface area contributed by atoms with E-state index >= 15 is 0 Å². The van der Waals surface area contributed by atoms with E-state index in [0.29, 0.717) is 6.54 Å². The van der Waals surface area contributed by atoms with E-state index in [2.05, 4.69) is 4.98 Å². The third kappa shape index (κ3) is 2.09. The van der Waals surface area contributed by atoms with Crippen molar-refractivity contribution in [3.05, 3.63) is 35.3 Å². The second kappa shape index (κ2) is 4.33. The molecule has 106 valence electrons. The molecule has 1 aromatic heterocycles. The summed E-state index contributed by atoms with van der Waals surface area (Å²) in [4.78, 5) is 17.6. The number of rotatable bonds is 0. The summed E-state index contributed by atoms with van der Waals surface area (Å²) in [5.74, 6) is -0.0710. The van der Waals surface area contributed by atoms with Gasteiger partial charge in [-0.1, -0.05) is 20.8 Å². The van der Waals surface area contributed by atoms with E-state index in [4.69, 9.17) is 0 Å². The summed E-state index contributed by atoms with van der Waals surface area (Å²) >= 11 is 0. The number of hydrogen-bond donors (Lipinski definition) is 1. The van der Waals surface area contributed by atoms with Crippen molar-refractivity contribution in [2.75, 3.05) is 6.54 Å². The quantitative estimate of drug-likeness (QED) is 0.786. The molecule has 0 bridgehead atoms. The van der Waals surface area contributed by atoms with E-state index in [9.17, 15) is 9.18 Å². The molecule has 20 heavy (non-hydrogen) atoms. The number of aromatic nitrogens is 1. The molecule has 2 aromatic rings. The molecule has 0 fully saturated rings. The highest BCUT2D eigenvalue weighted by Crippen LogP contribution is 2.30. The van der Waals surface area contributed by atoms with Gasteiger partial charge >= 0.3 is 0 Å². The molecule has 1 aliphatic rings. The molecule has 0 radical (unpaired) electrons. The monoisotopic (exact) mass is 274 g/mol. The van der Waals surface area contributed by atoms with Gasteiger partial charge in [-0.25, -0.2) is 4.39 Å². The first-order valence-corrected chi connectivity index (χ1v) is 6.94. The van der Waals surface area contributed by atoms with Crippen LogP contribution in [0.3, 0.4) is 0 Å². The summed E-state index contributed by atoms with van der Waals surface area (Å²) in [5, 5.41) is 1.02. The van der Waals surface area contributed by atoms with Gasteiger partial charge < -0.3 is 9.88 Å². The number of H-pyrrole nitrogens is 1. The zero-order valence-electron chi connectivity index (χ0n) is 12.1. The fourth-order valence-corrected chi connectivity index (χ4v) is 2.84. The van der Waals surface area contributed by atoms with Crippen LogP contribution in [0.25, 0.3) is 10.9 Å². The smallest absolute Gasteiger partial charge is 0.228 e. The molecule has 0 spiro atoms. The highest BCUT2D eigenvalue weighted by molar-refractivity contribution is 5.87. The third-order valence-corrected chi connectivity index (χ3v) is 3.87. The largest absolute Gasteiger partial charge is 0.358 e. The highest BCUT2D eigenvalue weighted by atomic mass is 19.1. The Labute approximate surface area is 117 Å². The topological polar surface area (TPSA) is 36.1 Å². The molecule has 0 unspecified atom stereocenters. The lowest BCUT2D eigenvalue weighted by Gasteiger charge is -2.32. The molecule has 1 aliphatic heterocycles. The molecule has 0 aliphatic carbocycles. The minimum Gasteiger partial charge on any atom is -0.358 e. The average molecular weight is 274 g/mol. The van der Waals surface area contributed by atoms with Crippen LogP contribution in [0.1, 0.15) is 32.0 Å². The maximum Gasteiger partial charge on any atom is 0.228 e. The van der Waals surface area contributed by atoms with Gasteiger partial charge in [0.15, 0.2) is 0 Å². The summed E-state index contributed by atoms with van der Waals surface area (Å²) in [7, 11) is 0. The van der Waals surface area contributed by atoms with Crippen molar-refractivity contribution in [3.63, 3.8) is 0 Å². The molecule has 0 saturated heterocycles. The number of nitrogens with one attached hydrogen (secondary N) is 1. The van der Waals surface area contributed by atoms with Crippen molar-refractivity contribution in [2.24, 2.45) is 5.41 Å². The van der Waals surface area contributed by atoms with Crippen molar-refractivity contribution >= 4 is 16.8 Å². The lowest BCUT2D eigenvalue weighted by molar-refractivity contribution is -0.140. The number of hydrogen-bond acceptors (Lipinski definition) is 1. The van der Waals surface area contributed by atoms with Crippen LogP contribution in [0.2, 0.25) is 0 Å². The maximum atomic E-state index is 13.3. The zero-order chi connectivity index (χ0) is 14.5. The van der Waals surface area contributed by atoms with Crippen molar-refractivity contribution in [1.29, 1.82) is 0 Å². The van der Waals surface area contributed by atoms with Crippen LogP contribution in [0.15, 0.2) is 18.2 Å². The van der Waals surface area contributed by atoms with Crippen LogP contribution in [-0.4, -0.2) is 22.3 Å². The van der Waals surface area contributed by atoms with Crippen LogP contribution < -0.4 is 0 Å². The lowest BCUT2D eigenvalue weighted by Crippen LogP contribution is -2.42. The summed E-state index contributed by atoms with van der Waals surface area (Å²) in [6.45, 7) is 7.15. The van der Waals surface area contributed by atoms with Gasteiger partial charge in [0.1, 0.15) is 5.82 Å². The maximum absolute atomic E-state index is 13.3. The number of halogens is 1. The van der Waals surface area contributed by atoms with Gasteiger partial charge in [-0.3, -0.25) is 4.79 Å². The minimum atomic E-state index is -0.365. The van der Waals surface area contributed by atoms with Crippen molar-refractivity contribution in [2.45, 2.75) is 33.7 Å². The molecular weight excluding hydrogens is 255 g/mol. The van der Waals surface area contributed by atoms with Crippen molar-refractivity contribution in [3.8, 4) is 0 Å². The first kappa shape index (κ1) is 13.2. The number of nitrogens with zero attached hydrogens (tertiary/aromatic N) is 1. The molecule has 0 saturated carbocycles.